The fraction of sp³-hybridized carbons (Fsp3) is 0.600. The molecule has 0 unspecified atom stereocenters. The maximum Gasteiger partial charge on any atom is 0.491 e. The summed E-state index contributed by atoms with van der Waals surface area (Å²) in [7, 11) is 1.53. The first kappa shape index (κ1) is 16.1. The van der Waals surface area contributed by atoms with Crippen molar-refractivity contribution in [3.05, 3.63) is 29.0 Å². The van der Waals surface area contributed by atoms with Crippen LogP contribution in [-0.4, -0.2) is 42.1 Å². The van der Waals surface area contributed by atoms with Gasteiger partial charge < -0.3 is 14.6 Å². The van der Waals surface area contributed by atoms with E-state index in [0.29, 0.717) is 6.54 Å². The number of nitrogens with zero attached hydrogens (tertiary/aromatic N) is 2. The van der Waals surface area contributed by atoms with Crippen LogP contribution in [0, 0.1) is 6.92 Å². The number of hydrogen-bond acceptors (Lipinski definition) is 5. The van der Waals surface area contributed by atoms with Crippen LogP contribution < -0.4 is 5.32 Å². The molecule has 0 radical (unpaired) electrons. The Hall–Kier alpha value is -1.24. The topological polar surface area (TPSA) is 56.3 Å². The molecule has 0 amide bonds. The second-order valence-electron chi connectivity index (χ2n) is 6.44. The molecule has 1 aromatic rings. The van der Waals surface area contributed by atoms with Crippen LogP contribution in [0.25, 0.3) is 6.08 Å². The Balaban J connectivity index is 2.26. The van der Waals surface area contributed by atoms with E-state index >= 15 is 0 Å². The number of rotatable bonds is 4. The number of aromatic nitrogens is 2. The van der Waals surface area contributed by atoms with Gasteiger partial charge in [-0.3, -0.25) is 0 Å². The van der Waals surface area contributed by atoms with Crippen molar-refractivity contribution in [2.45, 2.75) is 45.8 Å². The van der Waals surface area contributed by atoms with Crippen LogP contribution in [-0.2, 0) is 9.31 Å². The summed E-state index contributed by atoms with van der Waals surface area (Å²) in [6.07, 6.45) is 1.98. The van der Waals surface area contributed by atoms with Crippen LogP contribution in [0.5, 0.6) is 0 Å². The monoisotopic (exact) mass is 289 g/mol. The molecule has 114 valence electrons. The highest BCUT2D eigenvalue weighted by molar-refractivity contribution is 6.55. The van der Waals surface area contributed by atoms with Crippen LogP contribution in [0.3, 0.4) is 0 Å². The van der Waals surface area contributed by atoms with Gasteiger partial charge in [0.25, 0.3) is 0 Å². The van der Waals surface area contributed by atoms with Crippen LogP contribution >= 0.6 is 0 Å². The molecule has 1 saturated heterocycles. The molecule has 0 spiro atoms. The van der Waals surface area contributed by atoms with E-state index in [9.17, 15) is 0 Å². The predicted octanol–water partition coefficient (Wildman–Crippen LogP) is 2.02. The van der Waals surface area contributed by atoms with Gasteiger partial charge in [0, 0.05) is 6.54 Å². The summed E-state index contributed by atoms with van der Waals surface area (Å²) in [4.78, 5) is 0. The van der Waals surface area contributed by atoms with Crippen LogP contribution in [0.2, 0.25) is 0 Å². The van der Waals surface area contributed by atoms with Gasteiger partial charge in [-0.1, -0.05) is 0 Å². The summed E-state index contributed by atoms with van der Waals surface area (Å²) in [6.45, 7) is 10.8. The fourth-order valence-electron chi connectivity index (χ4n) is 2.08. The van der Waals surface area contributed by atoms with E-state index in [-0.39, 0.29) is 18.3 Å². The molecule has 21 heavy (non-hydrogen) atoms. The molecule has 5 nitrogen and oxygen atoms in total. The highest BCUT2D eigenvalue weighted by Crippen LogP contribution is 2.38. The number of aryl methyl sites for hydroxylation is 1. The normalized spacial score (nSPS) is 20.9. The van der Waals surface area contributed by atoms with Crippen LogP contribution in [0.4, 0.5) is 0 Å². The number of likely N-dealkylation sites (N-methyl/N-ethyl adjacent to an activating group) is 1. The van der Waals surface area contributed by atoms with E-state index in [1.807, 2.05) is 32.2 Å². The minimum Gasteiger partial charge on any atom is -0.400 e. The molecule has 0 bridgehead atoms. The van der Waals surface area contributed by atoms with Crippen molar-refractivity contribution in [2.24, 2.45) is 0 Å². The largest absolute Gasteiger partial charge is 0.491 e. The molecule has 0 aromatic carbocycles. The summed E-state index contributed by atoms with van der Waals surface area (Å²) in [5.74, 6) is 0. The zero-order chi connectivity index (χ0) is 15.7. The average Bonchev–Trinajstić information content (AvgIpc) is 2.60. The number of hydrogen-bond donors (Lipinski definition) is 1. The minimum atomic E-state index is -0.370. The molecule has 1 aliphatic rings. The van der Waals surface area contributed by atoms with Gasteiger partial charge in [0.1, 0.15) is 0 Å². The molecule has 1 fully saturated rings. The SMILES string of the molecule is CNCC(=Cc1ccc(C)nn1)B1OC(C)(C)C(C)(C)O1. The molecule has 1 aromatic heterocycles. The second-order valence-corrected chi connectivity index (χ2v) is 6.44. The molecular weight excluding hydrogens is 265 g/mol. The molecule has 0 aliphatic carbocycles. The Morgan fingerprint density at radius 3 is 2.29 bits per heavy atom. The molecule has 0 saturated carbocycles. The third-order valence-corrected chi connectivity index (χ3v) is 4.09. The van der Waals surface area contributed by atoms with E-state index in [1.54, 1.807) is 0 Å². The Morgan fingerprint density at radius 2 is 1.81 bits per heavy atom. The quantitative estimate of drug-likeness (QED) is 0.859. The highest BCUT2D eigenvalue weighted by atomic mass is 16.7. The van der Waals surface area contributed by atoms with Crippen molar-refractivity contribution in [3.8, 4) is 0 Å². The van der Waals surface area contributed by atoms with Crippen LogP contribution in [0.15, 0.2) is 17.6 Å². The second kappa shape index (κ2) is 5.87. The van der Waals surface area contributed by atoms with Crippen molar-refractivity contribution in [1.29, 1.82) is 0 Å². The molecule has 1 aliphatic heterocycles. The first-order valence-electron chi connectivity index (χ1n) is 7.26. The highest BCUT2D eigenvalue weighted by Gasteiger charge is 2.52. The lowest BCUT2D eigenvalue weighted by atomic mass is 9.77. The first-order chi connectivity index (χ1) is 9.75. The van der Waals surface area contributed by atoms with Gasteiger partial charge in [-0.25, -0.2) is 0 Å². The van der Waals surface area contributed by atoms with Gasteiger partial charge in [-0.05, 0) is 65.3 Å². The van der Waals surface area contributed by atoms with Crippen molar-refractivity contribution in [2.75, 3.05) is 13.6 Å². The maximum atomic E-state index is 6.10. The lowest BCUT2D eigenvalue weighted by Crippen LogP contribution is -2.41. The van der Waals surface area contributed by atoms with E-state index in [1.165, 1.54) is 0 Å². The van der Waals surface area contributed by atoms with Gasteiger partial charge in [-0.2, -0.15) is 10.2 Å². The van der Waals surface area contributed by atoms with E-state index in [2.05, 4.69) is 43.2 Å². The third kappa shape index (κ3) is 3.51. The summed E-state index contributed by atoms with van der Waals surface area (Å²) in [5.41, 5.74) is 2.03. The number of nitrogens with one attached hydrogen (secondary N) is 1. The van der Waals surface area contributed by atoms with Crippen molar-refractivity contribution in [1.82, 2.24) is 15.5 Å². The van der Waals surface area contributed by atoms with E-state index in [0.717, 1.165) is 16.9 Å². The smallest absolute Gasteiger partial charge is 0.400 e. The maximum absolute atomic E-state index is 6.10. The van der Waals surface area contributed by atoms with E-state index in [4.69, 9.17) is 9.31 Å². The van der Waals surface area contributed by atoms with Crippen molar-refractivity contribution < 1.29 is 9.31 Å². The molecule has 6 heteroatoms. The Bertz CT molecular complexity index is 510. The predicted molar refractivity (Wildman–Crippen MR) is 84.8 cm³/mol. The zero-order valence-corrected chi connectivity index (χ0v) is 13.7. The minimum absolute atomic E-state index is 0.344. The molecular formula is C15H24BN3O2. The zero-order valence-electron chi connectivity index (χ0n) is 13.7. The first-order valence-corrected chi connectivity index (χ1v) is 7.26. The van der Waals surface area contributed by atoms with Gasteiger partial charge in [-0.15, -0.1) is 0 Å². The summed E-state index contributed by atoms with van der Waals surface area (Å²) in [6, 6.07) is 3.89. The molecule has 2 heterocycles. The average molecular weight is 289 g/mol. The van der Waals surface area contributed by atoms with Gasteiger partial charge >= 0.3 is 7.12 Å². The van der Waals surface area contributed by atoms with Gasteiger partial charge in [0.15, 0.2) is 0 Å². The van der Waals surface area contributed by atoms with Gasteiger partial charge in [0.2, 0.25) is 0 Å². The van der Waals surface area contributed by atoms with Crippen molar-refractivity contribution in [3.63, 3.8) is 0 Å². The standard InChI is InChI=1S/C15H24BN3O2/c1-11-7-8-13(19-18-11)9-12(10-17-6)16-20-14(2,3)15(4,5)21-16/h7-9,17H,10H2,1-6H3. The van der Waals surface area contributed by atoms with Crippen molar-refractivity contribution >= 4 is 13.2 Å². The Kier molecular flexibility index (Phi) is 4.51. The summed E-state index contributed by atoms with van der Waals surface area (Å²) < 4.78 is 12.2. The molecule has 0 atom stereocenters. The van der Waals surface area contributed by atoms with Gasteiger partial charge in [0.05, 0.1) is 22.6 Å². The molecule has 2 rings (SSSR count). The summed E-state index contributed by atoms with van der Waals surface area (Å²) >= 11 is 0. The molecule has 1 N–H and O–H groups in total. The third-order valence-electron chi connectivity index (χ3n) is 4.09. The van der Waals surface area contributed by atoms with E-state index < -0.39 is 0 Å². The lowest BCUT2D eigenvalue weighted by Gasteiger charge is -2.32. The summed E-state index contributed by atoms with van der Waals surface area (Å²) in [5, 5.41) is 11.4. The van der Waals surface area contributed by atoms with Crippen LogP contribution in [0.1, 0.15) is 39.1 Å². The lowest BCUT2D eigenvalue weighted by molar-refractivity contribution is 0.00578. The Labute approximate surface area is 127 Å². The Morgan fingerprint density at radius 1 is 1.19 bits per heavy atom. The fourth-order valence-corrected chi connectivity index (χ4v) is 2.08.